The third-order valence-electron chi connectivity index (χ3n) is 3.92. The van der Waals surface area contributed by atoms with E-state index in [9.17, 15) is 0 Å². The number of anilines is 1. The summed E-state index contributed by atoms with van der Waals surface area (Å²) in [5.74, 6) is 0.774. The van der Waals surface area contributed by atoms with E-state index >= 15 is 0 Å². The maximum absolute atomic E-state index is 5.44. The Balaban J connectivity index is 2.18. The van der Waals surface area contributed by atoms with Crippen molar-refractivity contribution < 1.29 is 4.74 Å². The van der Waals surface area contributed by atoms with Gasteiger partial charge in [-0.25, -0.2) is 4.98 Å². The van der Waals surface area contributed by atoms with Crippen molar-refractivity contribution in [3.63, 3.8) is 0 Å². The summed E-state index contributed by atoms with van der Waals surface area (Å²) in [4.78, 5) is 6.95. The van der Waals surface area contributed by atoms with Crippen LogP contribution in [0.5, 0.6) is 0 Å². The first-order valence-corrected chi connectivity index (χ1v) is 7.21. The van der Waals surface area contributed by atoms with Crippen LogP contribution in [0.15, 0.2) is 0 Å². The van der Waals surface area contributed by atoms with Gasteiger partial charge in [0.25, 0.3) is 0 Å². The Kier molecular flexibility index (Phi) is 4.69. The third-order valence-corrected chi connectivity index (χ3v) is 3.92. The molecule has 1 aromatic heterocycles. The quantitative estimate of drug-likeness (QED) is 0.832. The summed E-state index contributed by atoms with van der Waals surface area (Å²) in [6.07, 6.45) is 4.22. The Morgan fingerprint density at radius 1 is 1.21 bits per heavy atom. The molecule has 2 rings (SSSR count). The molecule has 2 atom stereocenters. The van der Waals surface area contributed by atoms with Crippen molar-refractivity contribution in [3.05, 3.63) is 11.4 Å². The Hall–Kier alpha value is -1.23. The molecule has 1 saturated heterocycles. The largest absolute Gasteiger partial charge is 0.381 e. The van der Waals surface area contributed by atoms with Crippen LogP contribution >= 0.6 is 0 Å². The molecule has 0 radical (unpaired) electrons. The number of nitrogens with zero attached hydrogens (tertiary/aromatic N) is 4. The van der Waals surface area contributed by atoms with Crippen LogP contribution in [0.1, 0.15) is 45.0 Å². The van der Waals surface area contributed by atoms with Gasteiger partial charge in [0.1, 0.15) is 0 Å². The second-order valence-corrected chi connectivity index (χ2v) is 5.14. The molecule has 1 aliphatic rings. The molecule has 0 saturated carbocycles. The standard InChI is InChI=1S/C14H24N4O/c1-5-12-13(6-2)16-17-14(15-12)18-8-7-11(19-4)9-10(18)3/h10-11H,5-9H2,1-4H3/t10-,11-/m0/s1. The molecule has 0 N–H and O–H groups in total. The smallest absolute Gasteiger partial charge is 0.245 e. The molecular formula is C14H24N4O. The van der Waals surface area contributed by atoms with E-state index in [1.54, 1.807) is 7.11 Å². The van der Waals surface area contributed by atoms with Crippen LogP contribution in [0.2, 0.25) is 0 Å². The number of hydrogen-bond acceptors (Lipinski definition) is 5. The maximum atomic E-state index is 5.44. The molecule has 2 heterocycles. The van der Waals surface area contributed by atoms with Crippen molar-refractivity contribution in [2.24, 2.45) is 0 Å². The molecule has 5 nitrogen and oxygen atoms in total. The fraction of sp³-hybridized carbons (Fsp3) is 0.786. The summed E-state index contributed by atoms with van der Waals surface area (Å²) >= 11 is 0. The lowest BCUT2D eigenvalue weighted by Gasteiger charge is -2.37. The number of methoxy groups -OCH3 is 1. The molecular weight excluding hydrogens is 240 g/mol. The molecule has 1 fully saturated rings. The van der Waals surface area contributed by atoms with Crippen molar-refractivity contribution in [1.82, 2.24) is 15.2 Å². The average molecular weight is 264 g/mol. The minimum Gasteiger partial charge on any atom is -0.381 e. The van der Waals surface area contributed by atoms with Gasteiger partial charge in [-0.05, 0) is 32.6 Å². The molecule has 1 aliphatic heterocycles. The van der Waals surface area contributed by atoms with Gasteiger partial charge in [0.05, 0.1) is 17.5 Å². The van der Waals surface area contributed by atoms with Crippen LogP contribution in [0.25, 0.3) is 0 Å². The van der Waals surface area contributed by atoms with Crippen LogP contribution in [0.3, 0.4) is 0 Å². The molecule has 0 bridgehead atoms. The number of piperidine rings is 1. The third kappa shape index (κ3) is 3.03. The van der Waals surface area contributed by atoms with Crippen molar-refractivity contribution in [3.8, 4) is 0 Å². The first-order chi connectivity index (χ1) is 9.19. The van der Waals surface area contributed by atoms with Gasteiger partial charge in [0.15, 0.2) is 0 Å². The second kappa shape index (κ2) is 6.28. The first kappa shape index (κ1) is 14.2. The zero-order chi connectivity index (χ0) is 13.8. The van der Waals surface area contributed by atoms with E-state index in [4.69, 9.17) is 9.72 Å². The van der Waals surface area contributed by atoms with E-state index in [1.165, 1.54) is 0 Å². The molecule has 106 valence electrons. The van der Waals surface area contributed by atoms with Gasteiger partial charge in [-0.2, -0.15) is 5.10 Å². The van der Waals surface area contributed by atoms with Crippen LogP contribution in [0, 0.1) is 0 Å². The van der Waals surface area contributed by atoms with Crippen molar-refractivity contribution in [2.45, 2.75) is 58.6 Å². The van der Waals surface area contributed by atoms with E-state index in [1.807, 2.05) is 0 Å². The van der Waals surface area contributed by atoms with Gasteiger partial charge in [-0.15, -0.1) is 5.10 Å². The number of aromatic nitrogens is 3. The van der Waals surface area contributed by atoms with Crippen LogP contribution in [-0.4, -0.2) is 41.0 Å². The Bertz CT molecular complexity index is 424. The van der Waals surface area contributed by atoms with Gasteiger partial charge in [-0.1, -0.05) is 13.8 Å². The fourth-order valence-electron chi connectivity index (χ4n) is 2.69. The Morgan fingerprint density at radius 2 is 1.95 bits per heavy atom. The Morgan fingerprint density at radius 3 is 2.53 bits per heavy atom. The highest BCUT2D eigenvalue weighted by atomic mass is 16.5. The highest BCUT2D eigenvalue weighted by Crippen LogP contribution is 2.23. The lowest BCUT2D eigenvalue weighted by Crippen LogP contribution is -2.44. The van der Waals surface area contributed by atoms with E-state index in [0.29, 0.717) is 12.1 Å². The van der Waals surface area contributed by atoms with Gasteiger partial charge in [0.2, 0.25) is 5.95 Å². The number of hydrogen-bond donors (Lipinski definition) is 0. The van der Waals surface area contributed by atoms with E-state index in [-0.39, 0.29) is 0 Å². The SMILES string of the molecule is CCc1nnc(N2CC[C@H](OC)C[C@@H]2C)nc1CC. The van der Waals surface area contributed by atoms with Crippen molar-refractivity contribution in [1.29, 1.82) is 0 Å². The molecule has 0 unspecified atom stereocenters. The predicted octanol–water partition coefficient (Wildman–Crippen LogP) is 2.00. The number of ether oxygens (including phenoxy) is 1. The molecule has 1 aromatic rings. The normalized spacial score (nSPS) is 23.7. The number of aryl methyl sites for hydroxylation is 2. The van der Waals surface area contributed by atoms with Crippen LogP contribution in [-0.2, 0) is 17.6 Å². The van der Waals surface area contributed by atoms with Gasteiger partial charge in [-0.3, -0.25) is 0 Å². The van der Waals surface area contributed by atoms with Gasteiger partial charge in [0, 0.05) is 19.7 Å². The lowest BCUT2D eigenvalue weighted by atomic mass is 10.0. The summed E-state index contributed by atoms with van der Waals surface area (Å²) in [6, 6.07) is 0.401. The minimum atomic E-state index is 0.361. The molecule has 0 spiro atoms. The highest BCUT2D eigenvalue weighted by Gasteiger charge is 2.27. The zero-order valence-corrected chi connectivity index (χ0v) is 12.4. The van der Waals surface area contributed by atoms with Gasteiger partial charge < -0.3 is 9.64 Å². The predicted molar refractivity (Wildman–Crippen MR) is 75.4 cm³/mol. The second-order valence-electron chi connectivity index (χ2n) is 5.14. The molecule has 0 amide bonds. The minimum absolute atomic E-state index is 0.361. The zero-order valence-electron chi connectivity index (χ0n) is 12.4. The van der Waals surface area contributed by atoms with E-state index < -0.39 is 0 Å². The summed E-state index contributed by atoms with van der Waals surface area (Å²) in [6.45, 7) is 7.36. The van der Waals surface area contributed by atoms with Gasteiger partial charge >= 0.3 is 0 Å². The van der Waals surface area contributed by atoms with Crippen LogP contribution in [0.4, 0.5) is 5.95 Å². The van der Waals surface area contributed by atoms with E-state index in [0.717, 1.165) is 49.6 Å². The Labute approximate surface area is 115 Å². The molecule has 0 aromatic carbocycles. The topological polar surface area (TPSA) is 51.1 Å². The summed E-state index contributed by atoms with van der Waals surface area (Å²) < 4.78 is 5.44. The van der Waals surface area contributed by atoms with Crippen molar-refractivity contribution in [2.75, 3.05) is 18.6 Å². The molecule has 0 aliphatic carbocycles. The summed E-state index contributed by atoms with van der Waals surface area (Å²) in [5.41, 5.74) is 2.10. The fourth-order valence-corrected chi connectivity index (χ4v) is 2.69. The van der Waals surface area contributed by atoms with Crippen molar-refractivity contribution >= 4 is 5.95 Å². The highest BCUT2D eigenvalue weighted by molar-refractivity contribution is 5.33. The first-order valence-electron chi connectivity index (χ1n) is 7.21. The van der Waals surface area contributed by atoms with E-state index in [2.05, 4.69) is 35.9 Å². The van der Waals surface area contributed by atoms with Crippen LogP contribution < -0.4 is 4.90 Å². The summed E-state index contributed by atoms with van der Waals surface area (Å²) in [5, 5.41) is 8.64. The average Bonchev–Trinajstić information content (AvgIpc) is 2.46. The lowest BCUT2D eigenvalue weighted by molar-refractivity contribution is 0.0717. The number of rotatable bonds is 4. The molecule has 5 heteroatoms. The monoisotopic (exact) mass is 264 g/mol. The maximum Gasteiger partial charge on any atom is 0.245 e. The summed E-state index contributed by atoms with van der Waals surface area (Å²) in [7, 11) is 1.79. The molecule has 19 heavy (non-hydrogen) atoms.